The van der Waals surface area contributed by atoms with Gasteiger partial charge in [0.05, 0.1) is 0 Å². The number of carbonyl (C=O) groups excluding carboxylic acids is 2. The first-order chi connectivity index (χ1) is 9.74. The van der Waals surface area contributed by atoms with Crippen LogP contribution in [0.2, 0.25) is 0 Å². The summed E-state index contributed by atoms with van der Waals surface area (Å²) in [6, 6.07) is 15.6. The largest absolute Gasteiger partial charge is 0.355 e. The summed E-state index contributed by atoms with van der Waals surface area (Å²) in [4.78, 5) is 21.9. The van der Waals surface area contributed by atoms with Crippen LogP contribution in [-0.4, -0.2) is 19.2 Å². The molecule has 0 unspecified atom stereocenters. The van der Waals surface area contributed by atoms with Gasteiger partial charge in [-0.15, -0.1) is 0 Å². The van der Waals surface area contributed by atoms with E-state index in [0.717, 1.165) is 29.4 Å². The van der Waals surface area contributed by atoms with Crippen molar-refractivity contribution in [2.45, 2.75) is 12.8 Å². The van der Waals surface area contributed by atoms with Crippen molar-refractivity contribution in [3.63, 3.8) is 0 Å². The second-order valence-electron chi connectivity index (χ2n) is 4.56. The molecule has 3 nitrogen and oxygen atoms in total. The Labute approximate surface area is 118 Å². The van der Waals surface area contributed by atoms with Crippen molar-refractivity contribution >= 4 is 12.2 Å². The second-order valence-corrected chi connectivity index (χ2v) is 4.56. The van der Waals surface area contributed by atoms with Crippen molar-refractivity contribution < 1.29 is 9.59 Å². The van der Waals surface area contributed by atoms with Crippen molar-refractivity contribution in [3.05, 3.63) is 59.7 Å². The molecule has 0 fully saturated rings. The van der Waals surface area contributed by atoms with Crippen LogP contribution < -0.4 is 5.32 Å². The third kappa shape index (κ3) is 3.32. The van der Waals surface area contributed by atoms with Gasteiger partial charge in [-0.3, -0.25) is 4.79 Å². The maximum absolute atomic E-state index is 11.5. The van der Waals surface area contributed by atoms with Gasteiger partial charge in [-0.05, 0) is 35.2 Å². The Morgan fingerprint density at radius 2 is 1.85 bits per heavy atom. The number of hydrogen-bond donors (Lipinski definition) is 1. The molecule has 0 aliphatic heterocycles. The van der Waals surface area contributed by atoms with E-state index in [1.54, 1.807) is 7.05 Å². The molecule has 0 saturated heterocycles. The summed E-state index contributed by atoms with van der Waals surface area (Å²) in [7, 11) is 1.62. The number of aryl methyl sites for hydroxylation is 1. The van der Waals surface area contributed by atoms with Crippen LogP contribution in [0, 0.1) is 0 Å². The van der Waals surface area contributed by atoms with Gasteiger partial charge in [-0.1, -0.05) is 36.4 Å². The molecule has 0 bridgehead atoms. The lowest BCUT2D eigenvalue weighted by atomic mass is 10.00. The molecule has 2 aromatic rings. The summed E-state index contributed by atoms with van der Waals surface area (Å²) >= 11 is 0. The molecule has 1 N–H and O–H groups in total. The van der Waals surface area contributed by atoms with Gasteiger partial charge in [0.2, 0.25) is 0 Å². The molecule has 2 rings (SSSR count). The monoisotopic (exact) mass is 267 g/mol. The number of benzene rings is 2. The SMILES string of the molecule is CNC(=O)c1ccc(-c2cccc(CCC=O)c2)cc1. The lowest BCUT2D eigenvalue weighted by molar-refractivity contribution is -0.107. The number of hydrogen-bond acceptors (Lipinski definition) is 2. The van der Waals surface area contributed by atoms with E-state index in [1.807, 2.05) is 42.5 Å². The van der Waals surface area contributed by atoms with E-state index in [1.165, 1.54) is 0 Å². The maximum Gasteiger partial charge on any atom is 0.251 e. The molecular formula is C17H17NO2. The zero-order chi connectivity index (χ0) is 14.4. The van der Waals surface area contributed by atoms with Gasteiger partial charge in [-0.25, -0.2) is 0 Å². The highest BCUT2D eigenvalue weighted by Gasteiger charge is 2.04. The first-order valence-corrected chi connectivity index (χ1v) is 6.59. The fourth-order valence-corrected chi connectivity index (χ4v) is 2.09. The molecule has 0 atom stereocenters. The van der Waals surface area contributed by atoms with Crippen LogP contribution in [0.1, 0.15) is 22.3 Å². The quantitative estimate of drug-likeness (QED) is 0.847. The average Bonchev–Trinajstić information content (AvgIpc) is 2.52. The van der Waals surface area contributed by atoms with E-state index >= 15 is 0 Å². The maximum atomic E-state index is 11.5. The van der Waals surface area contributed by atoms with Crippen molar-refractivity contribution in [3.8, 4) is 11.1 Å². The molecule has 0 saturated carbocycles. The van der Waals surface area contributed by atoms with Gasteiger partial charge < -0.3 is 10.1 Å². The van der Waals surface area contributed by atoms with E-state index in [0.29, 0.717) is 12.0 Å². The van der Waals surface area contributed by atoms with Crippen LogP contribution in [-0.2, 0) is 11.2 Å². The molecule has 0 radical (unpaired) electrons. The van der Waals surface area contributed by atoms with Crippen LogP contribution >= 0.6 is 0 Å². The normalized spacial score (nSPS) is 10.1. The number of amides is 1. The van der Waals surface area contributed by atoms with Gasteiger partial charge in [0, 0.05) is 19.0 Å². The minimum absolute atomic E-state index is 0.0868. The highest BCUT2D eigenvalue weighted by Crippen LogP contribution is 2.21. The van der Waals surface area contributed by atoms with Crippen LogP contribution in [0.4, 0.5) is 0 Å². The number of carbonyl (C=O) groups is 2. The fraction of sp³-hybridized carbons (Fsp3) is 0.176. The van der Waals surface area contributed by atoms with Crippen LogP contribution in [0.25, 0.3) is 11.1 Å². The molecule has 20 heavy (non-hydrogen) atoms. The van der Waals surface area contributed by atoms with Crippen LogP contribution in [0.5, 0.6) is 0 Å². The molecule has 0 aromatic heterocycles. The molecule has 0 aliphatic rings. The smallest absolute Gasteiger partial charge is 0.251 e. The summed E-state index contributed by atoms with van der Waals surface area (Å²) in [6.07, 6.45) is 2.23. The fourth-order valence-electron chi connectivity index (χ4n) is 2.09. The zero-order valence-corrected chi connectivity index (χ0v) is 11.4. The van der Waals surface area contributed by atoms with E-state index in [2.05, 4.69) is 11.4 Å². The number of rotatable bonds is 5. The standard InChI is InChI=1S/C17H17NO2/c1-18-17(20)15-9-7-14(8-10-15)16-6-2-4-13(12-16)5-3-11-19/h2,4,6-12H,3,5H2,1H3,(H,18,20). The highest BCUT2D eigenvalue weighted by atomic mass is 16.1. The Morgan fingerprint density at radius 1 is 1.10 bits per heavy atom. The van der Waals surface area contributed by atoms with Gasteiger partial charge in [-0.2, -0.15) is 0 Å². The van der Waals surface area contributed by atoms with Crippen LogP contribution in [0.3, 0.4) is 0 Å². The number of nitrogens with one attached hydrogen (secondary N) is 1. The Bertz CT molecular complexity index is 603. The van der Waals surface area contributed by atoms with Gasteiger partial charge >= 0.3 is 0 Å². The van der Waals surface area contributed by atoms with E-state index < -0.39 is 0 Å². The third-order valence-electron chi connectivity index (χ3n) is 3.19. The van der Waals surface area contributed by atoms with Crippen LogP contribution in [0.15, 0.2) is 48.5 Å². The molecule has 1 amide bonds. The molecule has 0 heterocycles. The summed E-state index contributed by atoms with van der Waals surface area (Å²) < 4.78 is 0. The summed E-state index contributed by atoms with van der Waals surface area (Å²) in [5, 5.41) is 2.60. The van der Waals surface area contributed by atoms with E-state index in [-0.39, 0.29) is 5.91 Å². The van der Waals surface area contributed by atoms with Crippen molar-refractivity contribution in [2.24, 2.45) is 0 Å². The molecule has 102 valence electrons. The molecule has 3 heteroatoms. The molecular weight excluding hydrogens is 250 g/mol. The Balaban J connectivity index is 2.22. The molecule has 2 aromatic carbocycles. The first-order valence-electron chi connectivity index (χ1n) is 6.59. The Hall–Kier alpha value is -2.42. The summed E-state index contributed by atoms with van der Waals surface area (Å²) in [6.45, 7) is 0. The van der Waals surface area contributed by atoms with Crippen molar-refractivity contribution in [1.29, 1.82) is 0 Å². The predicted octanol–water partition coefficient (Wildman–Crippen LogP) is 2.84. The zero-order valence-electron chi connectivity index (χ0n) is 11.4. The second kappa shape index (κ2) is 6.66. The minimum atomic E-state index is -0.0868. The predicted molar refractivity (Wildman–Crippen MR) is 79.7 cm³/mol. The van der Waals surface area contributed by atoms with Crippen molar-refractivity contribution in [2.75, 3.05) is 7.05 Å². The molecule has 0 spiro atoms. The number of aldehydes is 1. The van der Waals surface area contributed by atoms with Gasteiger partial charge in [0.1, 0.15) is 6.29 Å². The minimum Gasteiger partial charge on any atom is -0.355 e. The molecule has 0 aliphatic carbocycles. The first kappa shape index (κ1) is 14.0. The highest BCUT2D eigenvalue weighted by molar-refractivity contribution is 5.94. The Kier molecular flexibility index (Phi) is 4.66. The average molecular weight is 267 g/mol. The Morgan fingerprint density at radius 3 is 2.50 bits per heavy atom. The van der Waals surface area contributed by atoms with E-state index in [4.69, 9.17) is 0 Å². The lowest BCUT2D eigenvalue weighted by Crippen LogP contribution is -2.17. The topological polar surface area (TPSA) is 46.2 Å². The van der Waals surface area contributed by atoms with Gasteiger partial charge in [0.25, 0.3) is 5.91 Å². The lowest BCUT2D eigenvalue weighted by Gasteiger charge is -2.06. The van der Waals surface area contributed by atoms with Crippen molar-refractivity contribution in [1.82, 2.24) is 5.32 Å². The van der Waals surface area contributed by atoms with Gasteiger partial charge in [0.15, 0.2) is 0 Å². The summed E-state index contributed by atoms with van der Waals surface area (Å²) in [5.74, 6) is -0.0868. The summed E-state index contributed by atoms with van der Waals surface area (Å²) in [5.41, 5.74) is 3.95. The third-order valence-corrected chi connectivity index (χ3v) is 3.19. The van der Waals surface area contributed by atoms with E-state index in [9.17, 15) is 9.59 Å².